The van der Waals surface area contributed by atoms with Gasteiger partial charge in [0.15, 0.2) is 5.82 Å². The highest BCUT2D eigenvalue weighted by Gasteiger charge is 2.13. The van der Waals surface area contributed by atoms with E-state index in [0.29, 0.717) is 43.2 Å². The zero-order chi connectivity index (χ0) is 19.1. The molecule has 0 aliphatic heterocycles. The number of hydrogen-bond acceptors (Lipinski definition) is 7. The minimum Gasteiger partial charge on any atom is -0.383 e. The van der Waals surface area contributed by atoms with Crippen molar-refractivity contribution in [2.75, 3.05) is 20.3 Å². The highest BCUT2D eigenvalue weighted by molar-refractivity contribution is 5.95. The van der Waals surface area contributed by atoms with Crippen LogP contribution in [0.3, 0.4) is 0 Å². The number of amides is 1. The van der Waals surface area contributed by atoms with Gasteiger partial charge in [0.1, 0.15) is 12.2 Å². The van der Waals surface area contributed by atoms with E-state index in [1.807, 2.05) is 16.7 Å². The number of nitrogens with zero attached hydrogens (tertiary/aromatic N) is 6. The van der Waals surface area contributed by atoms with Crippen molar-refractivity contribution in [1.82, 2.24) is 35.0 Å². The summed E-state index contributed by atoms with van der Waals surface area (Å²) in [6.07, 6.45) is 7.15. The molecule has 140 valence electrons. The Morgan fingerprint density at radius 2 is 2.22 bits per heavy atom. The lowest BCUT2D eigenvalue weighted by Gasteiger charge is -2.09. The van der Waals surface area contributed by atoms with Crippen LogP contribution >= 0.6 is 0 Å². The third-order valence-corrected chi connectivity index (χ3v) is 4.01. The smallest absolute Gasteiger partial charge is 0.254 e. The van der Waals surface area contributed by atoms with Crippen molar-refractivity contribution in [2.24, 2.45) is 0 Å². The number of carbonyl (C=O) groups excluding carboxylic acids is 1. The zero-order valence-electron chi connectivity index (χ0n) is 15.3. The molecule has 0 spiro atoms. The van der Waals surface area contributed by atoms with Gasteiger partial charge in [-0.05, 0) is 19.1 Å². The predicted octanol–water partition coefficient (Wildman–Crippen LogP) is 1.06. The second kappa shape index (κ2) is 8.95. The molecule has 0 saturated heterocycles. The van der Waals surface area contributed by atoms with Crippen molar-refractivity contribution in [3.8, 4) is 11.4 Å². The molecule has 9 nitrogen and oxygen atoms in total. The number of carbonyl (C=O) groups is 1. The number of aryl methyl sites for hydroxylation is 1. The van der Waals surface area contributed by atoms with Gasteiger partial charge in [0, 0.05) is 50.8 Å². The van der Waals surface area contributed by atoms with Crippen LogP contribution in [-0.4, -0.2) is 55.9 Å². The normalized spacial score (nSPS) is 10.7. The van der Waals surface area contributed by atoms with Crippen molar-refractivity contribution in [3.63, 3.8) is 0 Å². The second-order valence-corrected chi connectivity index (χ2v) is 5.87. The standard InChI is InChI=1S/C18H21N7O2/c1-13-15(11-21-17(23-13)14-4-3-6-19-10-14)18(26)20-7-5-16-24-22-12-25(16)8-9-27-2/h3-4,6,10-12H,5,7-9H2,1-2H3,(H,20,26). The molecular weight excluding hydrogens is 346 g/mol. The molecular formula is C18H21N7O2. The molecule has 0 fully saturated rings. The molecule has 0 aliphatic rings. The number of ether oxygens (including phenoxy) is 1. The minimum atomic E-state index is -0.215. The van der Waals surface area contributed by atoms with Crippen molar-refractivity contribution in [1.29, 1.82) is 0 Å². The van der Waals surface area contributed by atoms with Gasteiger partial charge in [-0.2, -0.15) is 0 Å². The van der Waals surface area contributed by atoms with Gasteiger partial charge in [0.25, 0.3) is 5.91 Å². The number of rotatable bonds is 8. The first-order valence-electron chi connectivity index (χ1n) is 8.57. The third-order valence-electron chi connectivity index (χ3n) is 4.01. The van der Waals surface area contributed by atoms with Crippen LogP contribution in [0.4, 0.5) is 0 Å². The fraction of sp³-hybridized carbons (Fsp3) is 0.333. The first kappa shape index (κ1) is 18.6. The lowest BCUT2D eigenvalue weighted by Crippen LogP contribution is -2.27. The van der Waals surface area contributed by atoms with Crippen LogP contribution in [0.2, 0.25) is 0 Å². The van der Waals surface area contributed by atoms with E-state index < -0.39 is 0 Å². The molecule has 1 N–H and O–H groups in total. The summed E-state index contributed by atoms with van der Waals surface area (Å²) in [6.45, 7) is 3.49. The van der Waals surface area contributed by atoms with E-state index in [2.05, 4.69) is 30.5 Å². The van der Waals surface area contributed by atoms with Crippen LogP contribution in [0.25, 0.3) is 11.4 Å². The van der Waals surface area contributed by atoms with Gasteiger partial charge in [0.05, 0.1) is 17.9 Å². The van der Waals surface area contributed by atoms with Gasteiger partial charge in [-0.3, -0.25) is 9.78 Å². The molecule has 0 radical (unpaired) electrons. The zero-order valence-corrected chi connectivity index (χ0v) is 15.3. The van der Waals surface area contributed by atoms with E-state index in [1.54, 1.807) is 39.0 Å². The van der Waals surface area contributed by atoms with Crippen LogP contribution in [0.1, 0.15) is 21.9 Å². The van der Waals surface area contributed by atoms with E-state index in [1.165, 1.54) is 0 Å². The summed E-state index contributed by atoms with van der Waals surface area (Å²) in [5, 5.41) is 10.9. The molecule has 3 heterocycles. The van der Waals surface area contributed by atoms with E-state index in [-0.39, 0.29) is 5.91 Å². The number of aromatic nitrogens is 6. The van der Waals surface area contributed by atoms with Crippen LogP contribution in [0.15, 0.2) is 37.1 Å². The van der Waals surface area contributed by atoms with Crippen molar-refractivity contribution < 1.29 is 9.53 Å². The Hall–Kier alpha value is -3.20. The molecule has 3 aromatic heterocycles. The molecule has 0 aromatic carbocycles. The quantitative estimate of drug-likeness (QED) is 0.634. The Balaban J connectivity index is 1.59. The van der Waals surface area contributed by atoms with E-state index >= 15 is 0 Å². The summed E-state index contributed by atoms with van der Waals surface area (Å²) in [4.78, 5) is 25.2. The number of methoxy groups -OCH3 is 1. The molecule has 0 bridgehead atoms. The minimum absolute atomic E-state index is 0.215. The fourth-order valence-corrected chi connectivity index (χ4v) is 2.56. The summed E-state index contributed by atoms with van der Waals surface area (Å²) >= 11 is 0. The van der Waals surface area contributed by atoms with E-state index in [4.69, 9.17) is 4.74 Å². The van der Waals surface area contributed by atoms with Gasteiger partial charge >= 0.3 is 0 Å². The fourth-order valence-electron chi connectivity index (χ4n) is 2.56. The molecule has 3 aromatic rings. The molecule has 9 heteroatoms. The molecule has 0 unspecified atom stereocenters. The Kier molecular flexibility index (Phi) is 6.16. The summed E-state index contributed by atoms with van der Waals surface area (Å²) in [7, 11) is 1.65. The van der Waals surface area contributed by atoms with Crippen LogP contribution < -0.4 is 5.32 Å². The van der Waals surface area contributed by atoms with Crippen molar-refractivity contribution in [3.05, 3.63) is 54.1 Å². The van der Waals surface area contributed by atoms with E-state index in [9.17, 15) is 4.79 Å². The molecule has 0 saturated carbocycles. The van der Waals surface area contributed by atoms with Crippen LogP contribution in [-0.2, 0) is 17.7 Å². The lowest BCUT2D eigenvalue weighted by atomic mass is 10.2. The first-order valence-corrected chi connectivity index (χ1v) is 8.57. The average molecular weight is 367 g/mol. The Bertz CT molecular complexity index is 896. The van der Waals surface area contributed by atoms with E-state index in [0.717, 1.165) is 11.4 Å². The highest BCUT2D eigenvalue weighted by atomic mass is 16.5. The maximum atomic E-state index is 12.4. The Labute approximate surface area is 156 Å². The predicted molar refractivity (Wildman–Crippen MR) is 97.9 cm³/mol. The molecule has 0 aliphatic carbocycles. The Morgan fingerprint density at radius 3 is 2.96 bits per heavy atom. The number of hydrogen-bond donors (Lipinski definition) is 1. The molecule has 1 amide bonds. The third kappa shape index (κ3) is 4.70. The summed E-state index contributed by atoms with van der Waals surface area (Å²) < 4.78 is 6.97. The van der Waals surface area contributed by atoms with Gasteiger partial charge in [0.2, 0.25) is 0 Å². The first-order chi connectivity index (χ1) is 13.2. The summed E-state index contributed by atoms with van der Waals surface area (Å²) in [5.74, 6) is 1.13. The SMILES string of the molecule is COCCn1cnnc1CCNC(=O)c1cnc(-c2cccnc2)nc1C. The van der Waals surface area contributed by atoms with Gasteiger partial charge in [-0.1, -0.05) is 0 Å². The maximum Gasteiger partial charge on any atom is 0.254 e. The maximum absolute atomic E-state index is 12.4. The highest BCUT2D eigenvalue weighted by Crippen LogP contribution is 2.14. The summed E-state index contributed by atoms with van der Waals surface area (Å²) in [5.41, 5.74) is 1.87. The second-order valence-electron chi connectivity index (χ2n) is 5.87. The largest absolute Gasteiger partial charge is 0.383 e. The van der Waals surface area contributed by atoms with Crippen molar-refractivity contribution >= 4 is 5.91 Å². The number of nitrogens with one attached hydrogen (secondary N) is 1. The van der Waals surface area contributed by atoms with Gasteiger partial charge in [-0.25, -0.2) is 9.97 Å². The number of pyridine rings is 1. The summed E-state index contributed by atoms with van der Waals surface area (Å²) in [6, 6.07) is 3.70. The molecule has 3 rings (SSSR count). The molecule has 27 heavy (non-hydrogen) atoms. The van der Waals surface area contributed by atoms with Crippen LogP contribution in [0.5, 0.6) is 0 Å². The Morgan fingerprint density at radius 1 is 1.33 bits per heavy atom. The van der Waals surface area contributed by atoms with Gasteiger partial charge in [-0.15, -0.1) is 10.2 Å². The van der Waals surface area contributed by atoms with Crippen LogP contribution in [0, 0.1) is 6.92 Å². The van der Waals surface area contributed by atoms with Crippen molar-refractivity contribution in [2.45, 2.75) is 19.9 Å². The average Bonchev–Trinajstić information content (AvgIpc) is 3.14. The topological polar surface area (TPSA) is 108 Å². The molecule has 0 atom stereocenters. The monoisotopic (exact) mass is 367 g/mol. The lowest BCUT2D eigenvalue weighted by molar-refractivity contribution is 0.0952. The van der Waals surface area contributed by atoms with Gasteiger partial charge < -0.3 is 14.6 Å².